The summed E-state index contributed by atoms with van der Waals surface area (Å²) in [4.78, 5) is 27.3. The lowest BCUT2D eigenvalue weighted by atomic mass is 10.2. The van der Waals surface area contributed by atoms with Gasteiger partial charge in [-0.25, -0.2) is 0 Å². The zero-order valence-electron chi connectivity index (χ0n) is 14.2. The number of piperazine rings is 1. The van der Waals surface area contributed by atoms with Crippen molar-refractivity contribution in [2.75, 3.05) is 32.8 Å². The first-order valence-electron chi connectivity index (χ1n) is 8.25. The van der Waals surface area contributed by atoms with Gasteiger partial charge in [0.25, 0.3) is 5.91 Å². The van der Waals surface area contributed by atoms with Crippen LogP contribution in [-0.2, 0) is 11.3 Å². The van der Waals surface area contributed by atoms with Crippen molar-refractivity contribution < 1.29 is 18.8 Å². The number of para-hydroxylation sites is 1. The summed E-state index contributed by atoms with van der Waals surface area (Å²) in [7, 11) is 0. The highest BCUT2D eigenvalue weighted by Gasteiger charge is 2.22. The van der Waals surface area contributed by atoms with Crippen LogP contribution in [0.2, 0.25) is 0 Å². The predicted molar refractivity (Wildman–Crippen MR) is 90.4 cm³/mol. The Labute approximate surface area is 146 Å². The number of benzene rings is 1. The van der Waals surface area contributed by atoms with Crippen LogP contribution in [0.4, 0.5) is 0 Å². The minimum atomic E-state index is -0.0733. The maximum Gasteiger partial charge on any atom is 0.260 e. The highest BCUT2D eigenvalue weighted by Crippen LogP contribution is 2.16. The standard InChI is InChI=1S/C18H21N3O4/c1-14-10-16(25-19-14)11-20-6-8-21(9-7-20)18(23)13-24-17-5-3-2-4-15(17)12-22/h2-5,10,12H,6-9,11,13H2,1H3. The predicted octanol–water partition coefficient (Wildman–Crippen LogP) is 1.52. The Balaban J connectivity index is 1.46. The van der Waals surface area contributed by atoms with Crippen molar-refractivity contribution in [2.45, 2.75) is 13.5 Å². The molecule has 0 radical (unpaired) electrons. The second kappa shape index (κ2) is 7.94. The van der Waals surface area contributed by atoms with Gasteiger partial charge >= 0.3 is 0 Å². The van der Waals surface area contributed by atoms with Crippen LogP contribution in [0.3, 0.4) is 0 Å². The van der Waals surface area contributed by atoms with Crippen molar-refractivity contribution in [2.24, 2.45) is 0 Å². The van der Waals surface area contributed by atoms with Gasteiger partial charge in [0.1, 0.15) is 5.75 Å². The van der Waals surface area contributed by atoms with Gasteiger partial charge in [-0.2, -0.15) is 0 Å². The van der Waals surface area contributed by atoms with Crippen LogP contribution in [0, 0.1) is 6.92 Å². The molecule has 2 aromatic rings. The molecule has 1 aromatic carbocycles. The van der Waals surface area contributed by atoms with Gasteiger partial charge in [0.2, 0.25) is 0 Å². The van der Waals surface area contributed by atoms with Crippen LogP contribution >= 0.6 is 0 Å². The van der Waals surface area contributed by atoms with Crippen LogP contribution in [0.1, 0.15) is 21.8 Å². The van der Waals surface area contributed by atoms with E-state index in [1.165, 1.54) is 0 Å². The molecule has 1 fully saturated rings. The topological polar surface area (TPSA) is 75.9 Å². The molecular formula is C18H21N3O4. The van der Waals surface area contributed by atoms with Crippen molar-refractivity contribution >= 4 is 12.2 Å². The summed E-state index contributed by atoms with van der Waals surface area (Å²) in [6.07, 6.45) is 0.726. The van der Waals surface area contributed by atoms with Gasteiger partial charge in [0.15, 0.2) is 18.7 Å². The quantitative estimate of drug-likeness (QED) is 0.740. The van der Waals surface area contributed by atoms with Crippen LogP contribution in [0.5, 0.6) is 5.75 Å². The number of ether oxygens (including phenoxy) is 1. The molecule has 3 rings (SSSR count). The molecule has 2 heterocycles. The van der Waals surface area contributed by atoms with Crippen molar-refractivity contribution in [3.05, 3.63) is 47.3 Å². The molecule has 1 saturated heterocycles. The van der Waals surface area contributed by atoms with Gasteiger partial charge in [-0.1, -0.05) is 17.3 Å². The van der Waals surface area contributed by atoms with Gasteiger partial charge in [-0.15, -0.1) is 0 Å². The number of carbonyl (C=O) groups is 2. The Morgan fingerprint density at radius 1 is 1.28 bits per heavy atom. The number of aromatic nitrogens is 1. The van der Waals surface area contributed by atoms with Crippen molar-refractivity contribution in [3.63, 3.8) is 0 Å². The van der Waals surface area contributed by atoms with E-state index in [1.807, 2.05) is 13.0 Å². The Morgan fingerprint density at radius 2 is 2.04 bits per heavy atom. The summed E-state index contributed by atoms with van der Waals surface area (Å²) in [6.45, 7) is 5.37. The molecule has 7 nitrogen and oxygen atoms in total. The van der Waals surface area contributed by atoms with Crippen LogP contribution in [-0.4, -0.2) is 59.9 Å². The van der Waals surface area contributed by atoms with E-state index in [2.05, 4.69) is 10.1 Å². The molecule has 0 atom stereocenters. The number of nitrogens with zero attached hydrogens (tertiary/aromatic N) is 3. The zero-order chi connectivity index (χ0) is 17.6. The summed E-state index contributed by atoms with van der Waals surface area (Å²) < 4.78 is 10.7. The maximum atomic E-state index is 12.3. The second-order valence-corrected chi connectivity index (χ2v) is 6.04. The lowest BCUT2D eigenvalue weighted by molar-refractivity contribution is -0.135. The Bertz CT molecular complexity index is 735. The number of hydrogen-bond acceptors (Lipinski definition) is 6. The lowest BCUT2D eigenvalue weighted by Gasteiger charge is -2.34. The molecule has 7 heteroatoms. The Hall–Kier alpha value is -2.67. The molecule has 1 amide bonds. The first-order chi connectivity index (χ1) is 12.2. The molecule has 0 aliphatic carbocycles. The minimum absolute atomic E-state index is 0.0633. The van der Waals surface area contributed by atoms with E-state index in [-0.39, 0.29) is 12.5 Å². The Morgan fingerprint density at radius 3 is 2.72 bits per heavy atom. The van der Waals surface area contributed by atoms with Gasteiger partial charge < -0.3 is 14.2 Å². The number of hydrogen-bond donors (Lipinski definition) is 0. The maximum absolute atomic E-state index is 12.3. The molecular weight excluding hydrogens is 322 g/mol. The van der Waals surface area contributed by atoms with E-state index in [4.69, 9.17) is 9.26 Å². The summed E-state index contributed by atoms with van der Waals surface area (Å²) in [6, 6.07) is 8.81. The average Bonchev–Trinajstić information content (AvgIpc) is 3.05. The molecule has 132 valence electrons. The van der Waals surface area contributed by atoms with Crippen molar-refractivity contribution in [1.29, 1.82) is 0 Å². The Kier molecular flexibility index (Phi) is 5.45. The molecule has 0 N–H and O–H groups in total. The van der Waals surface area contributed by atoms with E-state index < -0.39 is 0 Å². The molecule has 0 saturated carbocycles. The first-order valence-corrected chi connectivity index (χ1v) is 8.25. The number of carbonyl (C=O) groups excluding carboxylic acids is 2. The summed E-state index contributed by atoms with van der Waals surface area (Å²) in [5.74, 6) is 1.20. The highest BCUT2D eigenvalue weighted by atomic mass is 16.5. The van der Waals surface area contributed by atoms with E-state index >= 15 is 0 Å². The molecule has 1 aliphatic heterocycles. The fourth-order valence-corrected chi connectivity index (χ4v) is 2.81. The number of rotatable bonds is 6. The van der Waals surface area contributed by atoms with Gasteiger partial charge in [0, 0.05) is 32.2 Å². The second-order valence-electron chi connectivity index (χ2n) is 6.04. The third-order valence-electron chi connectivity index (χ3n) is 4.18. The summed E-state index contributed by atoms with van der Waals surface area (Å²) in [5, 5.41) is 3.89. The van der Waals surface area contributed by atoms with Crippen LogP contribution in [0.25, 0.3) is 0 Å². The van der Waals surface area contributed by atoms with Crippen molar-refractivity contribution in [3.8, 4) is 5.75 Å². The fourth-order valence-electron chi connectivity index (χ4n) is 2.81. The van der Waals surface area contributed by atoms with Gasteiger partial charge in [-0.05, 0) is 19.1 Å². The van der Waals surface area contributed by atoms with Crippen LogP contribution in [0.15, 0.2) is 34.9 Å². The summed E-state index contributed by atoms with van der Waals surface area (Å²) >= 11 is 0. The van der Waals surface area contributed by atoms with E-state index in [9.17, 15) is 9.59 Å². The molecule has 1 aromatic heterocycles. The molecule has 25 heavy (non-hydrogen) atoms. The SMILES string of the molecule is Cc1cc(CN2CCN(C(=O)COc3ccccc3C=O)CC2)on1. The minimum Gasteiger partial charge on any atom is -0.483 e. The number of amides is 1. The fraction of sp³-hybridized carbons (Fsp3) is 0.389. The zero-order valence-corrected chi connectivity index (χ0v) is 14.2. The number of aldehydes is 1. The monoisotopic (exact) mass is 343 g/mol. The molecule has 0 unspecified atom stereocenters. The third-order valence-corrected chi connectivity index (χ3v) is 4.18. The normalized spacial score (nSPS) is 15.2. The molecule has 0 spiro atoms. The van der Waals surface area contributed by atoms with Gasteiger partial charge in [-0.3, -0.25) is 14.5 Å². The number of aryl methyl sites for hydroxylation is 1. The molecule has 0 bridgehead atoms. The smallest absolute Gasteiger partial charge is 0.260 e. The van der Waals surface area contributed by atoms with Gasteiger partial charge in [0.05, 0.1) is 17.8 Å². The largest absolute Gasteiger partial charge is 0.483 e. The van der Waals surface area contributed by atoms with Crippen LogP contribution < -0.4 is 4.74 Å². The van der Waals surface area contributed by atoms with E-state index in [1.54, 1.807) is 29.2 Å². The summed E-state index contributed by atoms with van der Waals surface area (Å²) in [5.41, 5.74) is 1.32. The van der Waals surface area contributed by atoms with Crippen molar-refractivity contribution in [1.82, 2.24) is 15.0 Å². The third kappa shape index (κ3) is 4.45. The average molecular weight is 343 g/mol. The van der Waals surface area contributed by atoms with E-state index in [0.717, 1.165) is 30.8 Å². The van der Waals surface area contributed by atoms with E-state index in [0.29, 0.717) is 30.9 Å². The molecule has 1 aliphatic rings. The first kappa shape index (κ1) is 17.2. The lowest BCUT2D eigenvalue weighted by Crippen LogP contribution is -2.49. The highest BCUT2D eigenvalue weighted by molar-refractivity contribution is 5.80.